The molecule has 0 spiro atoms. The van der Waals surface area contributed by atoms with Gasteiger partial charge in [-0.15, -0.1) is 0 Å². The van der Waals surface area contributed by atoms with E-state index in [1.165, 1.54) is 32.0 Å². The molecule has 0 fully saturated rings. The summed E-state index contributed by atoms with van der Waals surface area (Å²) >= 11 is 0. The highest BCUT2D eigenvalue weighted by atomic mass is 19.4. The monoisotopic (exact) mass is 379 g/mol. The van der Waals surface area contributed by atoms with E-state index in [-0.39, 0.29) is 33.6 Å². The first-order valence-electron chi connectivity index (χ1n) is 7.86. The number of hydrogen-bond donors (Lipinski definition) is 2. The van der Waals surface area contributed by atoms with Crippen LogP contribution in [0.25, 0.3) is 0 Å². The SMILES string of the molecule is Cc1cc(C(C)(F)C(F)(F)F)cc(C)c1NC(=O)c1cc(N)cc(C#N)c1. The molecule has 142 valence electrons. The number of rotatable bonds is 3. The van der Waals surface area contributed by atoms with E-state index in [0.717, 1.165) is 12.1 Å². The predicted octanol–water partition coefficient (Wildman–Crippen LogP) is 4.76. The van der Waals surface area contributed by atoms with Crippen LogP contribution in [0.5, 0.6) is 0 Å². The number of halogens is 4. The minimum atomic E-state index is -5.06. The number of benzene rings is 2. The van der Waals surface area contributed by atoms with Gasteiger partial charge in [0.1, 0.15) is 0 Å². The van der Waals surface area contributed by atoms with E-state index in [2.05, 4.69) is 5.32 Å². The first-order chi connectivity index (χ1) is 12.4. The predicted molar refractivity (Wildman–Crippen MR) is 94.0 cm³/mol. The maximum Gasteiger partial charge on any atom is 0.426 e. The highest BCUT2D eigenvalue weighted by Crippen LogP contribution is 2.43. The molecule has 0 heterocycles. The third kappa shape index (κ3) is 4.03. The average Bonchev–Trinajstić information content (AvgIpc) is 2.55. The van der Waals surface area contributed by atoms with Crippen LogP contribution in [0, 0.1) is 25.2 Å². The summed E-state index contributed by atoms with van der Waals surface area (Å²) in [4.78, 5) is 12.4. The molecule has 1 amide bonds. The van der Waals surface area contributed by atoms with Gasteiger partial charge < -0.3 is 11.1 Å². The smallest absolute Gasteiger partial charge is 0.399 e. The van der Waals surface area contributed by atoms with E-state index in [9.17, 15) is 22.4 Å². The third-order valence-corrected chi connectivity index (χ3v) is 4.19. The summed E-state index contributed by atoms with van der Waals surface area (Å²) in [5.74, 6) is -0.586. The molecule has 0 aliphatic heterocycles. The Morgan fingerprint density at radius 2 is 1.63 bits per heavy atom. The molecule has 0 aliphatic rings. The number of nitrogens with two attached hydrogens (primary N) is 1. The Hall–Kier alpha value is -3.08. The molecule has 0 aromatic heterocycles. The van der Waals surface area contributed by atoms with Gasteiger partial charge in [0.25, 0.3) is 5.91 Å². The fourth-order valence-corrected chi connectivity index (χ4v) is 2.63. The number of carbonyl (C=O) groups excluding carboxylic acids is 1. The zero-order valence-electron chi connectivity index (χ0n) is 14.8. The number of hydrogen-bond acceptors (Lipinski definition) is 3. The Balaban J connectivity index is 2.40. The molecule has 4 nitrogen and oxygen atoms in total. The van der Waals surface area contributed by atoms with Gasteiger partial charge >= 0.3 is 6.18 Å². The van der Waals surface area contributed by atoms with E-state index in [1.807, 2.05) is 6.07 Å². The summed E-state index contributed by atoms with van der Waals surface area (Å²) in [5, 5.41) is 11.5. The Bertz CT molecular complexity index is 920. The summed E-state index contributed by atoms with van der Waals surface area (Å²) in [6, 6.07) is 8.10. The third-order valence-electron chi connectivity index (χ3n) is 4.19. The quantitative estimate of drug-likeness (QED) is 0.596. The maximum atomic E-state index is 14.2. The second kappa shape index (κ2) is 6.91. The fourth-order valence-electron chi connectivity index (χ4n) is 2.63. The van der Waals surface area contributed by atoms with Crippen molar-refractivity contribution in [1.82, 2.24) is 0 Å². The van der Waals surface area contributed by atoms with Crippen LogP contribution in [0.2, 0.25) is 0 Å². The second-order valence-corrected chi connectivity index (χ2v) is 6.40. The van der Waals surface area contributed by atoms with Crippen molar-refractivity contribution >= 4 is 17.3 Å². The van der Waals surface area contributed by atoms with E-state index < -0.39 is 23.3 Å². The highest BCUT2D eigenvalue weighted by Gasteiger charge is 2.53. The van der Waals surface area contributed by atoms with Crippen molar-refractivity contribution in [1.29, 1.82) is 5.26 Å². The number of alkyl halides is 4. The molecular formula is C19H17F4N3O. The molecule has 2 aromatic carbocycles. The number of nitrogens with zero attached hydrogens (tertiary/aromatic N) is 1. The number of nitrogens with one attached hydrogen (secondary N) is 1. The van der Waals surface area contributed by atoms with E-state index in [1.54, 1.807) is 0 Å². The van der Waals surface area contributed by atoms with Gasteiger partial charge in [0, 0.05) is 16.9 Å². The summed E-state index contributed by atoms with van der Waals surface area (Å²) in [6.45, 7) is 3.40. The molecule has 0 bridgehead atoms. The topological polar surface area (TPSA) is 78.9 Å². The van der Waals surface area contributed by atoms with Gasteiger partial charge in [0.2, 0.25) is 5.67 Å². The molecule has 0 aliphatic carbocycles. The number of amides is 1. The molecule has 0 saturated carbocycles. The van der Waals surface area contributed by atoms with Gasteiger partial charge in [-0.05, 0) is 55.7 Å². The molecule has 2 rings (SSSR count). The summed E-state index contributed by atoms with van der Waals surface area (Å²) in [7, 11) is 0. The van der Waals surface area contributed by atoms with Gasteiger partial charge in [-0.3, -0.25) is 4.79 Å². The molecule has 1 atom stereocenters. The second-order valence-electron chi connectivity index (χ2n) is 6.40. The fraction of sp³-hybridized carbons (Fsp3) is 0.263. The van der Waals surface area contributed by atoms with Crippen molar-refractivity contribution in [3.63, 3.8) is 0 Å². The maximum absolute atomic E-state index is 14.2. The first kappa shape index (κ1) is 20.2. The lowest BCUT2D eigenvalue weighted by atomic mass is 9.92. The van der Waals surface area contributed by atoms with Crippen molar-refractivity contribution < 1.29 is 22.4 Å². The summed E-state index contributed by atoms with van der Waals surface area (Å²) in [6.07, 6.45) is -5.06. The van der Waals surface area contributed by atoms with Crippen LogP contribution in [-0.4, -0.2) is 12.1 Å². The van der Waals surface area contributed by atoms with Crippen LogP contribution in [0.3, 0.4) is 0 Å². The van der Waals surface area contributed by atoms with Gasteiger partial charge in [0.15, 0.2) is 0 Å². The molecule has 3 N–H and O–H groups in total. The lowest BCUT2D eigenvalue weighted by Gasteiger charge is -2.25. The zero-order chi connectivity index (χ0) is 20.6. The minimum absolute atomic E-state index is 0.125. The lowest BCUT2D eigenvalue weighted by Crippen LogP contribution is -2.35. The highest BCUT2D eigenvalue weighted by molar-refractivity contribution is 6.05. The van der Waals surface area contributed by atoms with E-state index in [4.69, 9.17) is 11.0 Å². The zero-order valence-corrected chi connectivity index (χ0v) is 14.8. The van der Waals surface area contributed by atoms with Gasteiger partial charge in [-0.1, -0.05) is 12.1 Å². The first-order valence-corrected chi connectivity index (χ1v) is 7.86. The molecule has 2 aromatic rings. The molecule has 8 heteroatoms. The van der Waals surface area contributed by atoms with Crippen molar-refractivity contribution in [3.05, 3.63) is 58.1 Å². The number of aryl methyl sites for hydroxylation is 2. The molecule has 0 radical (unpaired) electrons. The van der Waals surface area contributed by atoms with E-state index in [0.29, 0.717) is 6.92 Å². The van der Waals surface area contributed by atoms with Crippen molar-refractivity contribution in [3.8, 4) is 6.07 Å². The molecule has 0 saturated heterocycles. The molecular weight excluding hydrogens is 362 g/mol. The largest absolute Gasteiger partial charge is 0.426 e. The number of anilines is 2. The van der Waals surface area contributed by atoms with Crippen LogP contribution < -0.4 is 11.1 Å². The minimum Gasteiger partial charge on any atom is -0.399 e. The lowest BCUT2D eigenvalue weighted by molar-refractivity contribution is -0.228. The molecule has 27 heavy (non-hydrogen) atoms. The molecule has 1 unspecified atom stereocenters. The van der Waals surface area contributed by atoms with Crippen molar-refractivity contribution in [2.75, 3.05) is 11.1 Å². The van der Waals surface area contributed by atoms with Crippen LogP contribution in [0.4, 0.5) is 28.9 Å². The number of nitriles is 1. The Kier molecular flexibility index (Phi) is 5.18. The van der Waals surface area contributed by atoms with Gasteiger partial charge in [0.05, 0.1) is 11.6 Å². The van der Waals surface area contributed by atoms with Crippen LogP contribution in [0.15, 0.2) is 30.3 Å². The summed E-state index contributed by atoms with van der Waals surface area (Å²) < 4.78 is 53.0. The average molecular weight is 379 g/mol. The number of nitrogen functional groups attached to an aromatic ring is 1. The standard InChI is InChI=1S/C19H17F4N3O/c1-10-4-14(18(3,20)19(21,22)23)5-11(2)16(10)26-17(27)13-6-12(9-24)7-15(25)8-13/h4-8H,25H2,1-3H3,(H,26,27). The van der Waals surface area contributed by atoms with Crippen LogP contribution >= 0.6 is 0 Å². The normalized spacial score (nSPS) is 13.6. The summed E-state index contributed by atoms with van der Waals surface area (Å²) in [5.41, 5.74) is 2.96. The Morgan fingerprint density at radius 3 is 2.11 bits per heavy atom. The van der Waals surface area contributed by atoms with Crippen LogP contribution in [0.1, 0.15) is 39.5 Å². The van der Waals surface area contributed by atoms with Gasteiger partial charge in [-0.25, -0.2) is 4.39 Å². The Labute approximate surface area is 153 Å². The van der Waals surface area contributed by atoms with Gasteiger partial charge in [-0.2, -0.15) is 18.4 Å². The Morgan fingerprint density at radius 1 is 1.07 bits per heavy atom. The van der Waals surface area contributed by atoms with E-state index >= 15 is 0 Å². The number of carbonyl (C=O) groups is 1. The van der Waals surface area contributed by atoms with Crippen molar-refractivity contribution in [2.24, 2.45) is 0 Å². The van der Waals surface area contributed by atoms with Crippen molar-refractivity contribution in [2.45, 2.75) is 32.6 Å². The van der Waals surface area contributed by atoms with Crippen LogP contribution in [-0.2, 0) is 5.67 Å².